The van der Waals surface area contributed by atoms with Crippen molar-refractivity contribution < 1.29 is 23.1 Å². The molecule has 1 saturated heterocycles. The van der Waals surface area contributed by atoms with Crippen LogP contribution >= 0.6 is 11.6 Å². The summed E-state index contributed by atoms with van der Waals surface area (Å²) < 4.78 is 39.4. The predicted molar refractivity (Wildman–Crippen MR) is 92.1 cm³/mol. The van der Waals surface area contributed by atoms with Crippen molar-refractivity contribution in [1.29, 1.82) is 0 Å². The highest BCUT2D eigenvalue weighted by molar-refractivity contribution is 6.30. The molecular weight excluding hydrogens is 367 g/mol. The van der Waals surface area contributed by atoms with Crippen LogP contribution in [0.15, 0.2) is 48.5 Å². The number of hydrogen-bond acceptors (Lipinski definition) is 2. The first-order valence-electron chi connectivity index (χ1n) is 8.18. The van der Waals surface area contributed by atoms with Gasteiger partial charge in [-0.25, -0.2) is 0 Å². The minimum Gasteiger partial charge on any atom is -0.480 e. The summed E-state index contributed by atoms with van der Waals surface area (Å²) in [6, 6.07) is 10.5. The van der Waals surface area contributed by atoms with E-state index in [0.717, 1.165) is 12.1 Å². The maximum absolute atomic E-state index is 13.1. The smallest absolute Gasteiger partial charge is 0.416 e. The van der Waals surface area contributed by atoms with Crippen LogP contribution in [0.2, 0.25) is 5.02 Å². The fraction of sp³-hybridized carbons (Fsp3) is 0.316. The molecule has 2 aromatic rings. The Hall–Kier alpha value is -2.05. The number of hydrogen-bond donors (Lipinski definition) is 1. The molecule has 0 amide bonds. The zero-order valence-corrected chi connectivity index (χ0v) is 14.5. The number of carbonyl (C=O) groups is 1. The van der Waals surface area contributed by atoms with Gasteiger partial charge in [0.25, 0.3) is 0 Å². The summed E-state index contributed by atoms with van der Waals surface area (Å²) in [5.41, 5.74) is 0.372. The highest BCUT2D eigenvalue weighted by Gasteiger charge is 2.38. The number of rotatable bonds is 4. The summed E-state index contributed by atoms with van der Waals surface area (Å²) in [5.74, 6) is -0.964. The number of benzene rings is 2. The Balaban J connectivity index is 2.09. The second kappa shape index (κ2) is 7.29. The second-order valence-corrected chi connectivity index (χ2v) is 6.75. The third-order valence-corrected chi connectivity index (χ3v) is 4.88. The van der Waals surface area contributed by atoms with Crippen molar-refractivity contribution in [2.45, 2.75) is 31.1 Å². The van der Waals surface area contributed by atoms with Gasteiger partial charge in [-0.3, -0.25) is 9.69 Å². The maximum Gasteiger partial charge on any atom is 0.416 e. The lowest BCUT2D eigenvalue weighted by molar-refractivity contribution is -0.143. The van der Waals surface area contributed by atoms with Gasteiger partial charge in [0.15, 0.2) is 0 Å². The van der Waals surface area contributed by atoms with E-state index in [9.17, 15) is 23.1 Å². The molecule has 0 aliphatic carbocycles. The van der Waals surface area contributed by atoms with Gasteiger partial charge < -0.3 is 5.11 Å². The standard InChI is InChI=1S/C19H17ClF3NO2/c20-15-8-6-12(7-9-15)17(24-10-2-5-16(24)18(25)26)13-3-1-4-14(11-13)19(21,22)23/h1,3-4,6-9,11,16-17H,2,5,10H2,(H,25,26). The summed E-state index contributed by atoms with van der Waals surface area (Å²) in [6.07, 6.45) is -3.31. The Kier molecular flexibility index (Phi) is 5.25. The molecule has 138 valence electrons. The highest BCUT2D eigenvalue weighted by Crippen LogP contribution is 2.38. The van der Waals surface area contributed by atoms with Crippen LogP contribution in [0, 0.1) is 0 Å². The van der Waals surface area contributed by atoms with E-state index < -0.39 is 29.8 Å². The molecule has 0 spiro atoms. The van der Waals surface area contributed by atoms with Crippen molar-refractivity contribution in [3.05, 3.63) is 70.2 Å². The molecule has 2 aromatic carbocycles. The number of aliphatic carboxylic acids is 1. The van der Waals surface area contributed by atoms with E-state index in [4.69, 9.17) is 11.6 Å². The van der Waals surface area contributed by atoms with Crippen molar-refractivity contribution in [2.75, 3.05) is 6.54 Å². The normalized spacial score (nSPS) is 19.5. The molecule has 7 heteroatoms. The zero-order valence-electron chi connectivity index (χ0n) is 13.7. The van der Waals surface area contributed by atoms with E-state index in [1.165, 1.54) is 6.07 Å². The summed E-state index contributed by atoms with van der Waals surface area (Å²) in [4.78, 5) is 13.4. The lowest BCUT2D eigenvalue weighted by atomic mass is 9.95. The number of carboxylic acid groups (broad SMARTS) is 1. The first-order valence-corrected chi connectivity index (χ1v) is 8.56. The molecule has 26 heavy (non-hydrogen) atoms. The average Bonchev–Trinajstić information content (AvgIpc) is 3.06. The monoisotopic (exact) mass is 383 g/mol. The minimum atomic E-state index is -4.46. The molecule has 3 rings (SSSR count). The van der Waals surface area contributed by atoms with Gasteiger partial charge in [-0.2, -0.15) is 13.2 Å². The molecular formula is C19H17ClF3NO2. The Morgan fingerprint density at radius 3 is 2.46 bits per heavy atom. The lowest BCUT2D eigenvalue weighted by Gasteiger charge is -2.32. The van der Waals surface area contributed by atoms with Crippen LogP contribution in [0.3, 0.4) is 0 Å². The van der Waals surface area contributed by atoms with Crippen molar-refractivity contribution in [1.82, 2.24) is 4.90 Å². The Morgan fingerprint density at radius 2 is 1.85 bits per heavy atom. The van der Waals surface area contributed by atoms with Crippen molar-refractivity contribution in [2.24, 2.45) is 0 Å². The summed E-state index contributed by atoms with van der Waals surface area (Å²) in [5, 5.41) is 10.0. The fourth-order valence-electron chi connectivity index (χ4n) is 3.47. The highest BCUT2D eigenvalue weighted by atomic mass is 35.5. The van der Waals surface area contributed by atoms with Crippen LogP contribution in [0.25, 0.3) is 0 Å². The third kappa shape index (κ3) is 3.86. The molecule has 1 N–H and O–H groups in total. The molecule has 0 radical (unpaired) electrons. The van der Waals surface area contributed by atoms with Gasteiger partial charge in [0.05, 0.1) is 11.6 Å². The molecule has 1 heterocycles. The number of carboxylic acids is 1. The van der Waals surface area contributed by atoms with Crippen LogP contribution < -0.4 is 0 Å². The molecule has 3 nitrogen and oxygen atoms in total. The van der Waals surface area contributed by atoms with Crippen molar-refractivity contribution in [3.63, 3.8) is 0 Å². The molecule has 0 bridgehead atoms. The molecule has 0 saturated carbocycles. The molecule has 2 unspecified atom stereocenters. The van der Waals surface area contributed by atoms with Crippen molar-refractivity contribution >= 4 is 17.6 Å². The second-order valence-electron chi connectivity index (χ2n) is 6.31. The third-order valence-electron chi connectivity index (χ3n) is 4.63. The maximum atomic E-state index is 13.1. The van der Waals surface area contributed by atoms with E-state index in [0.29, 0.717) is 35.5 Å². The minimum absolute atomic E-state index is 0.412. The first kappa shape index (κ1) is 18.7. The van der Waals surface area contributed by atoms with E-state index in [1.807, 2.05) is 0 Å². The van der Waals surface area contributed by atoms with E-state index in [2.05, 4.69) is 0 Å². The molecule has 1 fully saturated rings. The summed E-state index contributed by atoms with van der Waals surface area (Å²) >= 11 is 5.93. The van der Waals surface area contributed by atoms with Gasteiger partial charge in [-0.05, 0) is 48.2 Å². The quantitative estimate of drug-likeness (QED) is 0.808. The Labute approximate surface area is 154 Å². The number of likely N-dealkylation sites (tertiary alicyclic amines) is 1. The molecule has 2 atom stereocenters. The van der Waals surface area contributed by atoms with Gasteiger partial charge in [-0.15, -0.1) is 0 Å². The van der Waals surface area contributed by atoms with Crippen LogP contribution in [0.5, 0.6) is 0 Å². The van der Waals surface area contributed by atoms with Crippen LogP contribution in [-0.4, -0.2) is 28.6 Å². The number of alkyl halides is 3. The average molecular weight is 384 g/mol. The summed E-state index contributed by atoms with van der Waals surface area (Å²) in [7, 11) is 0. The molecule has 1 aliphatic heterocycles. The first-order chi connectivity index (χ1) is 12.3. The zero-order chi connectivity index (χ0) is 18.9. The number of nitrogens with zero attached hydrogens (tertiary/aromatic N) is 1. The van der Waals surface area contributed by atoms with E-state index >= 15 is 0 Å². The fourth-order valence-corrected chi connectivity index (χ4v) is 3.59. The predicted octanol–water partition coefficient (Wildman–Crippen LogP) is 5.00. The van der Waals surface area contributed by atoms with Gasteiger partial charge in [0, 0.05) is 11.6 Å². The Bertz CT molecular complexity index is 792. The van der Waals surface area contributed by atoms with E-state index in [-0.39, 0.29) is 0 Å². The van der Waals surface area contributed by atoms with Gasteiger partial charge in [0.1, 0.15) is 6.04 Å². The van der Waals surface area contributed by atoms with Gasteiger partial charge in [0.2, 0.25) is 0 Å². The van der Waals surface area contributed by atoms with Crippen molar-refractivity contribution in [3.8, 4) is 0 Å². The number of halogens is 4. The van der Waals surface area contributed by atoms with E-state index in [1.54, 1.807) is 35.2 Å². The SMILES string of the molecule is O=C(O)C1CCCN1C(c1ccc(Cl)cc1)c1cccc(C(F)(F)F)c1. The largest absolute Gasteiger partial charge is 0.480 e. The summed E-state index contributed by atoms with van der Waals surface area (Å²) in [6.45, 7) is 0.501. The van der Waals surface area contributed by atoms with Gasteiger partial charge >= 0.3 is 12.1 Å². The lowest BCUT2D eigenvalue weighted by Crippen LogP contribution is -2.39. The van der Waals surface area contributed by atoms with Gasteiger partial charge in [-0.1, -0.05) is 35.9 Å². The molecule has 1 aliphatic rings. The van der Waals surface area contributed by atoms with Crippen LogP contribution in [0.4, 0.5) is 13.2 Å². The molecule has 0 aromatic heterocycles. The van der Waals surface area contributed by atoms with Crippen LogP contribution in [-0.2, 0) is 11.0 Å². The Morgan fingerprint density at radius 1 is 1.15 bits per heavy atom. The van der Waals surface area contributed by atoms with Crippen LogP contribution in [0.1, 0.15) is 35.6 Å². The topological polar surface area (TPSA) is 40.5 Å².